The van der Waals surface area contributed by atoms with Crippen molar-refractivity contribution in [2.45, 2.75) is 19.0 Å². The highest BCUT2D eigenvalue weighted by atomic mass is 19.4. The van der Waals surface area contributed by atoms with Gasteiger partial charge in [-0.2, -0.15) is 13.2 Å². The molecule has 4 nitrogen and oxygen atoms in total. The Balaban J connectivity index is 1.35. The number of rotatable bonds is 2. The van der Waals surface area contributed by atoms with Crippen LogP contribution in [0.15, 0.2) is 30.5 Å². The van der Waals surface area contributed by atoms with Gasteiger partial charge in [0, 0.05) is 38.3 Å². The minimum atomic E-state index is -4.37. The number of nitrogens with zero attached hydrogens (tertiary/aromatic N) is 3. The van der Waals surface area contributed by atoms with E-state index in [2.05, 4.69) is 17.1 Å². The van der Waals surface area contributed by atoms with E-state index in [4.69, 9.17) is 0 Å². The van der Waals surface area contributed by atoms with Crippen molar-refractivity contribution in [2.75, 3.05) is 31.1 Å². The Hall–Kier alpha value is -2.05. The van der Waals surface area contributed by atoms with Crippen molar-refractivity contribution in [2.24, 2.45) is 17.8 Å². The number of alkyl halides is 3. The van der Waals surface area contributed by atoms with Gasteiger partial charge >= 0.3 is 6.18 Å². The van der Waals surface area contributed by atoms with Gasteiger partial charge in [-0.1, -0.05) is 12.2 Å². The van der Waals surface area contributed by atoms with Gasteiger partial charge in [0.1, 0.15) is 5.82 Å². The lowest BCUT2D eigenvalue weighted by atomic mass is 9.92. The van der Waals surface area contributed by atoms with Gasteiger partial charge in [-0.15, -0.1) is 0 Å². The molecule has 134 valence electrons. The third kappa shape index (κ3) is 3.12. The number of carbonyl (C=O) groups is 1. The SMILES string of the molecule is O=C([C@H]1C[C@@H]2C=C[C@H]1C2)N1CCN(c2ccc(C(F)(F)F)cn2)CC1. The van der Waals surface area contributed by atoms with Crippen LogP contribution in [0.3, 0.4) is 0 Å². The third-order valence-electron chi connectivity index (χ3n) is 5.59. The lowest BCUT2D eigenvalue weighted by molar-refractivity contribution is -0.138. The van der Waals surface area contributed by atoms with Gasteiger partial charge in [-0.25, -0.2) is 4.98 Å². The van der Waals surface area contributed by atoms with Crippen molar-refractivity contribution in [3.63, 3.8) is 0 Å². The molecule has 25 heavy (non-hydrogen) atoms. The van der Waals surface area contributed by atoms with Gasteiger partial charge in [-0.05, 0) is 36.8 Å². The first kappa shape index (κ1) is 16.4. The van der Waals surface area contributed by atoms with Gasteiger partial charge in [0.2, 0.25) is 5.91 Å². The molecular weight excluding hydrogens is 331 g/mol. The molecule has 0 radical (unpaired) electrons. The van der Waals surface area contributed by atoms with Gasteiger partial charge in [0.15, 0.2) is 0 Å². The van der Waals surface area contributed by atoms with Gasteiger partial charge < -0.3 is 9.80 Å². The Bertz CT molecular complexity index is 678. The minimum absolute atomic E-state index is 0.116. The second kappa shape index (κ2) is 6.04. The summed E-state index contributed by atoms with van der Waals surface area (Å²) in [6.45, 7) is 2.39. The maximum atomic E-state index is 12.7. The number of fused-ring (bicyclic) bond motifs is 2. The number of halogens is 3. The predicted octanol–water partition coefficient (Wildman–Crippen LogP) is 2.96. The first-order valence-electron chi connectivity index (χ1n) is 8.67. The molecule has 3 aliphatic rings. The van der Waals surface area contributed by atoms with E-state index in [1.807, 2.05) is 9.80 Å². The monoisotopic (exact) mass is 351 g/mol. The number of aromatic nitrogens is 1. The number of hydrogen-bond donors (Lipinski definition) is 0. The van der Waals surface area contributed by atoms with E-state index in [1.165, 1.54) is 6.07 Å². The second-order valence-electron chi connectivity index (χ2n) is 7.10. The summed E-state index contributed by atoms with van der Waals surface area (Å²) in [7, 11) is 0. The largest absolute Gasteiger partial charge is 0.417 e. The molecule has 3 atom stereocenters. The number of hydrogen-bond acceptors (Lipinski definition) is 3. The first-order valence-corrected chi connectivity index (χ1v) is 8.67. The van der Waals surface area contributed by atoms with Crippen molar-refractivity contribution in [3.05, 3.63) is 36.0 Å². The van der Waals surface area contributed by atoms with Crippen LogP contribution in [0.4, 0.5) is 19.0 Å². The number of piperazine rings is 1. The van der Waals surface area contributed by atoms with E-state index < -0.39 is 11.7 Å². The normalized spacial score (nSPS) is 28.7. The molecule has 1 saturated heterocycles. The fourth-order valence-corrected chi connectivity index (χ4v) is 4.20. The molecule has 0 spiro atoms. The summed E-state index contributed by atoms with van der Waals surface area (Å²) in [6.07, 6.45) is 2.97. The predicted molar refractivity (Wildman–Crippen MR) is 86.9 cm³/mol. The highest BCUT2D eigenvalue weighted by molar-refractivity contribution is 5.80. The van der Waals surface area contributed by atoms with Gasteiger partial charge in [-0.3, -0.25) is 4.79 Å². The van der Waals surface area contributed by atoms with Crippen molar-refractivity contribution in [1.82, 2.24) is 9.88 Å². The Morgan fingerprint density at radius 1 is 1.08 bits per heavy atom. The van der Waals surface area contributed by atoms with Crippen LogP contribution in [0.25, 0.3) is 0 Å². The molecule has 0 unspecified atom stereocenters. The molecule has 2 bridgehead atoms. The summed E-state index contributed by atoms with van der Waals surface area (Å²) in [5.41, 5.74) is -0.741. The van der Waals surface area contributed by atoms with Crippen LogP contribution in [-0.4, -0.2) is 42.0 Å². The third-order valence-corrected chi connectivity index (χ3v) is 5.59. The van der Waals surface area contributed by atoms with E-state index in [-0.39, 0.29) is 11.8 Å². The van der Waals surface area contributed by atoms with Crippen molar-refractivity contribution in [3.8, 4) is 0 Å². The highest BCUT2D eigenvalue weighted by Gasteiger charge is 2.42. The van der Waals surface area contributed by atoms with Gasteiger partial charge in [0.25, 0.3) is 0 Å². The van der Waals surface area contributed by atoms with E-state index in [1.54, 1.807) is 0 Å². The summed E-state index contributed by atoms with van der Waals surface area (Å²) >= 11 is 0. The minimum Gasteiger partial charge on any atom is -0.353 e. The molecule has 7 heteroatoms. The molecule has 2 fully saturated rings. The maximum absolute atomic E-state index is 12.7. The number of anilines is 1. The topological polar surface area (TPSA) is 36.4 Å². The summed E-state index contributed by atoms with van der Waals surface area (Å²) in [6, 6.07) is 2.46. The number of carbonyl (C=O) groups excluding carboxylic acids is 1. The Labute approximate surface area is 144 Å². The molecule has 2 aliphatic carbocycles. The lowest BCUT2D eigenvalue weighted by Gasteiger charge is -2.37. The zero-order valence-corrected chi connectivity index (χ0v) is 13.7. The second-order valence-corrected chi connectivity index (χ2v) is 7.10. The zero-order chi connectivity index (χ0) is 17.6. The number of pyridine rings is 1. The quantitative estimate of drug-likeness (QED) is 0.769. The van der Waals surface area contributed by atoms with E-state index in [0.29, 0.717) is 43.8 Å². The van der Waals surface area contributed by atoms with Crippen LogP contribution >= 0.6 is 0 Å². The van der Waals surface area contributed by atoms with Crippen LogP contribution in [-0.2, 0) is 11.0 Å². The van der Waals surface area contributed by atoms with Crippen molar-refractivity contribution >= 4 is 11.7 Å². The van der Waals surface area contributed by atoms with Crippen LogP contribution in [0.5, 0.6) is 0 Å². The van der Waals surface area contributed by atoms with Crippen molar-refractivity contribution < 1.29 is 18.0 Å². The fourth-order valence-electron chi connectivity index (χ4n) is 4.20. The summed E-state index contributed by atoms with van der Waals surface area (Å²) in [5.74, 6) is 1.84. The van der Waals surface area contributed by atoms with Crippen molar-refractivity contribution in [1.29, 1.82) is 0 Å². The van der Waals surface area contributed by atoms with Crippen LogP contribution < -0.4 is 4.90 Å². The lowest BCUT2D eigenvalue weighted by Crippen LogP contribution is -2.51. The molecule has 4 rings (SSSR count). The molecular formula is C18H20F3N3O. The number of amides is 1. The standard InChI is InChI=1S/C18H20F3N3O/c19-18(20,21)14-3-4-16(22-11-14)23-5-7-24(8-6-23)17(25)15-10-12-1-2-13(15)9-12/h1-4,11-13,15H,5-10H2/t12-,13+,15+/m1/s1. The molecule has 1 amide bonds. The van der Waals surface area contributed by atoms with E-state index >= 15 is 0 Å². The van der Waals surface area contributed by atoms with Crippen LogP contribution in [0, 0.1) is 17.8 Å². The average Bonchev–Trinajstić information content (AvgIpc) is 3.24. The molecule has 1 saturated carbocycles. The summed E-state index contributed by atoms with van der Waals surface area (Å²) in [5, 5.41) is 0. The fraction of sp³-hybridized carbons (Fsp3) is 0.556. The average molecular weight is 351 g/mol. The number of allylic oxidation sites excluding steroid dienone is 2. The molecule has 1 aromatic heterocycles. The molecule has 1 aromatic rings. The summed E-state index contributed by atoms with van der Waals surface area (Å²) < 4.78 is 37.8. The zero-order valence-electron chi connectivity index (χ0n) is 13.7. The molecule has 1 aliphatic heterocycles. The smallest absolute Gasteiger partial charge is 0.353 e. The van der Waals surface area contributed by atoms with Gasteiger partial charge in [0.05, 0.1) is 5.56 Å². The Kier molecular flexibility index (Phi) is 3.96. The maximum Gasteiger partial charge on any atom is 0.417 e. The Morgan fingerprint density at radius 3 is 2.36 bits per heavy atom. The molecule has 2 heterocycles. The van der Waals surface area contributed by atoms with E-state index in [9.17, 15) is 18.0 Å². The Morgan fingerprint density at radius 2 is 1.84 bits per heavy atom. The van der Waals surface area contributed by atoms with Crippen LogP contribution in [0.2, 0.25) is 0 Å². The molecule has 0 N–H and O–H groups in total. The highest BCUT2D eigenvalue weighted by Crippen LogP contribution is 2.44. The van der Waals surface area contributed by atoms with E-state index in [0.717, 1.165) is 25.1 Å². The molecule has 0 aromatic carbocycles. The first-order chi connectivity index (χ1) is 11.9. The summed E-state index contributed by atoms with van der Waals surface area (Å²) in [4.78, 5) is 20.5. The van der Waals surface area contributed by atoms with Crippen LogP contribution in [0.1, 0.15) is 18.4 Å².